The maximum absolute atomic E-state index is 13.5. The van der Waals surface area contributed by atoms with Crippen molar-refractivity contribution < 1.29 is 13.2 Å². The number of carbonyl (C=O) groups is 1. The third-order valence-corrected chi connectivity index (χ3v) is 8.52. The molecule has 1 amide bonds. The predicted molar refractivity (Wildman–Crippen MR) is 146 cm³/mol. The average Bonchev–Trinajstić information content (AvgIpc) is 2.87. The van der Waals surface area contributed by atoms with E-state index in [-0.39, 0.29) is 18.0 Å². The van der Waals surface area contributed by atoms with Gasteiger partial charge in [0.25, 0.3) is 0 Å². The standard InChI is InChI=1S/C28H25ClN2O3S2/c1-21-11-17-25(18-12-21)36(33,34)31(19-22-13-15-23(29)16-14-22)20-28(32)30-26-9-5-6-10-27(26)35-24-7-3-2-4-8-24/h2-18H,19-20H2,1H3,(H,30,32). The number of aryl methyl sites for hydroxylation is 1. The highest BCUT2D eigenvalue weighted by Crippen LogP contribution is 2.33. The molecule has 0 aliphatic rings. The Morgan fingerprint density at radius 3 is 2.19 bits per heavy atom. The molecule has 4 aromatic rings. The first-order chi connectivity index (χ1) is 17.3. The quantitative estimate of drug-likeness (QED) is 0.261. The van der Waals surface area contributed by atoms with Crippen LogP contribution < -0.4 is 5.32 Å². The zero-order valence-corrected chi connectivity index (χ0v) is 22.0. The van der Waals surface area contributed by atoms with Crippen molar-refractivity contribution in [1.29, 1.82) is 0 Å². The zero-order chi connectivity index (χ0) is 25.5. The van der Waals surface area contributed by atoms with Crippen molar-refractivity contribution in [3.8, 4) is 0 Å². The number of nitrogens with one attached hydrogen (secondary N) is 1. The molecule has 0 atom stereocenters. The summed E-state index contributed by atoms with van der Waals surface area (Å²) in [5.41, 5.74) is 2.29. The number of sulfonamides is 1. The minimum atomic E-state index is -3.94. The molecule has 0 aromatic heterocycles. The molecule has 0 bridgehead atoms. The summed E-state index contributed by atoms with van der Waals surface area (Å²) in [4.78, 5) is 15.2. The van der Waals surface area contributed by atoms with Crippen molar-refractivity contribution in [3.63, 3.8) is 0 Å². The Hall–Kier alpha value is -3.10. The largest absolute Gasteiger partial charge is 0.324 e. The van der Waals surface area contributed by atoms with Gasteiger partial charge in [-0.2, -0.15) is 4.31 Å². The van der Waals surface area contributed by atoms with E-state index in [2.05, 4.69) is 5.32 Å². The third-order valence-electron chi connectivity index (χ3n) is 5.38. The van der Waals surface area contributed by atoms with Gasteiger partial charge >= 0.3 is 0 Å². The molecule has 0 heterocycles. The highest BCUT2D eigenvalue weighted by Gasteiger charge is 2.27. The topological polar surface area (TPSA) is 66.5 Å². The number of carbonyl (C=O) groups excluding carboxylic acids is 1. The fraction of sp³-hybridized carbons (Fsp3) is 0.107. The number of halogens is 1. The van der Waals surface area contributed by atoms with Crippen molar-refractivity contribution in [2.24, 2.45) is 0 Å². The number of hydrogen-bond donors (Lipinski definition) is 1. The van der Waals surface area contributed by atoms with E-state index in [1.165, 1.54) is 16.1 Å². The van der Waals surface area contributed by atoms with Crippen LogP contribution in [0.4, 0.5) is 5.69 Å². The minimum Gasteiger partial charge on any atom is -0.324 e. The summed E-state index contributed by atoms with van der Waals surface area (Å²) in [6.07, 6.45) is 0. The summed E-state index contributed by atoms with van der Waals surface area (Å²) in [5.74, 6) is -0.430. The molecule has 0 saturated carbocycles. The normalized spacial score (nSPS) is 11.4. The van der Waals surface area contributed by atoms with Gasteiger partial charge in [-0.05, 0) is 61.0 Å². The first-order valence-corrected chi connectivity index (χ1v) is 13.9. The molecule has 0 fully saturated rings. The van der Waals surface area contributed by atoms with Crippen LogP contribution in [-0.2, 0) is 21.4 Å². The van der Waals surface area contributed by atoms with Crippen molar-refractivity contribution in [2.45, 2.75) is 28.2 Å². The molecule has 0 spiro atoms. The SMILES string of the molecule is Cc1ccc(S(=O)(=O)N(CC(=O)Nc2ccccc2Sc2ccccc2)Cc2ccc(Cl)cc2)cc1. The Kier molecular flexibility index (Phi) is 8.48. The van der Waals surface area contributed by atoms with E-state index in [0.29, 0.717) is 10.7 Å². The molecule has 184 valence electrons. The molecule has 0 aliphatic carbocycles. The maximum Gasteiger partial charge on any atom is 0.243 e. The Morgan fingerprint density at radius 1 is 0.861 bits per heavy atom. The number of anilines is 1. The van der Waals surface area contributed by atoms with Gasteiger partial charge in [-0.3, -0.25) is 4.79 Å². The molecule has 1 N–H and O–H groups in total. The van der Waals surface area contributed by atoms with E-state index in [4.69, 9.17) is 11.6 Å². The molecular formula is C28H25ClN2O3S2. The number of para-hydroxylation sites is 1. The van der Waals surface area contributed by atoms with Gasteiger partial charge in [-0.15, -0.1) is 0 Å². The zero-order valence-electron chi connectivity index (χ0n) is 19.6. The summed E-state index contributed by atoms with van der Waals surface area (Å²) in [6.45, 7) is 1.57. The van der Waals surface area contributed by atoms with Gasteiger partial charge in [0.2, 0.25) is 15.9 Å². The summed E-state index contributed by atoms with van der Waals surface area (Å²) in [5, 5.41) is 3.45. The maximum atomic E-state index is 13.5. The highest BCUT2D eigenvalue weighted by atomic mass is 35.5. The molecular weight excluding hydrogens is 512 g/mol. The number of rotatable bonds is 9. The van der Waals surface area contributed by atoms with Crippen molar-refractivity contribution in [2.75, 3.05) is 11.9 Å². The molecule has 4 aromatic carbocycles. The van der Waals surface area contributed by atoms with Gasteiger partial charge in [-0.25, -0.2) is 8.42 Å². The van der Waals surface area contributed by atoms with E-state index in [1.807, 2.05) is 55.5 Å². The van der Waals surface area contributed by atoms with Crippen molar-refractivity contribution in [3.05, 3.63) is 119 Å². The lowest BCUT2D eigenvalue weighted by Gasteiger charge is -2.22. The van der Waals surface area contributed by atoms with Crippen LogP contribution in [0.3, 0.4) is 0 Å². The minimum absolute atomic E-state index is 0.0290. The summed E-state index contributed by atoms with van der Waals surface area (Å²) < 4.78 is 28.2. The number of amides is 1. The lowest BCUT2D eigenvalue weighted by molar-refractivity contribution is -0.116. The van der Waals surface area contributed by atoms with Crippen LogP contribution in [0.5, 0.6) is 0 Å². The van der Waals surface area contributed by atoms with E-state index in [9.17, 15) is 13.2 Å². The Morgan fingerprint density at radius 2 is 1.50 bits per heavy atom. The fourth-order valence-corrected chi connectivity index (χ4v) is 5.94. The van der Waals surface area contributed by atoms with E-state index < -0.39 is 15.9 Å². The molecule has 0 saturated heterocycles. The van der Waals surface area contributed by atoms with Crippen LogP contribution in [-0.4, -0.2) is 25.2 Å². The second-order valence-electron chi connectivity index (χ2n) is 8.17. The van der Waals surface area contributed by atoms with Gasteiger partial charge in [0.1, 0.15) is 0 Å². The Balaban J connectivity index is 1.57. The molecule has 0 aliphatic heterocycles. The molecule has 36 heavy (non-hydrogen) atoms. The lowest BCUT2D eigenvalue weighted by Crippen LogP contribution is -2.37. The first kappa shape index (κ1) is 26.0. The summed E-state index contributed by atoms with van der Waals surface area (Å²) in [7, 11) is -3.94. The van der Waals surface area contributed by atoms with E-state index in [0.717, 1.165) is 20.9 Å². The molecule has 4 rings (SSSR count). The van der Waals surface area contributed by atoms with Crippen LogP contribution in [0.15, 0.2) is 118 Å². The second kappa shape index (κ2) is 11.8. The van der Waals surface area contributed by atoms with Crippen LogP contribution in [0.2, 0.25) is 5.02 Å². The lowest BCUT2D eigenvalue weighted by atomic mass is 10.2. The van der Waals surface area contributed by atoms with Gasteiger partial charge in [0, 0.05) is 21.4 Å². The highest BCUT2D eigenvalue weighted by molar-refractivity contribution is 7.99. The molecule has 5 nitrogen and oxygen atoms in total. The van der Waals surface area contributed by atoms with Crippen LogP contribution in [0.25, 0.3) is 0 Å². The predicted octanol–water partition coefficient (Wildman–Crippen LogP) is 6.63. The van der Waals surface area contributed by atoms with Gasteiger partial charge in [0.05, 0.1) is 17.1 Å². The first-order valence-electron chi connectivity index (χ1n) is 11.2. The summed E-state index contributed by atoms with van der Waals surface area (Å²) in [6, 6.07) is 30.8. The third kappa shape index (κ3) is 6.77. The second-order valence-corrected chi connectivity index (χ2v) is 11.7. The molecule has 0 radical (unpaired) electrons. The van der Waals surface area contributed by atoms with Gasteiger partial charge in [-0.1, -0.05) is 83.5 Å². The smallest absolute Gasteiger partial charge is 0.243 e. The fourth-order valence-electron chi connectivity index (χ4n) is 3.50. The van der Waals surface area contributed by atoms with E-state index in [1.54, 1.807) is 54.6 Å². The Labute approximate surface area is 221 Å². The number of hydrogen-bond acceptors (Lipinski definition) is 4. The van der Waals surface area contributed by atoms with E-state index >= 15 is 0 Å². The van der Waals surface area contributed by atoms with Crippen molar-refractivity contribution in [1.82, 2.24) is 4.31 Å². The number of nitrogens with zero attached hydrogens (tertiary/aromatic N) is 1. The summed E-state index contributed by atoms with van der Waals surface area (Å²) >= 11 is 7.52. The molecule has 8 heteroatoms. The van der Waals surface area contributed by atoms with Crippen LogP contribution in [0, 0.1) is 6.92 Å². The Bertz CT molecular complexity index is 1430. The van der Waals surface area contributed by atoms with Gasteiger partial charge in [0.15, 0.2) is 0 Å². The van der Waals surface area contributed by atoms with Crippen LogP contribution in [0.1, 0.15) is 11.1 Å². The molecule has 0 unspecified atom stereocenters. The number of benzene rings is 4. The van der Waals surface area contributed by atoms with Gasteiger partial charge < -0.3 is 5.32 Å². The monoisotopic (exact) mass is 536 g/mol. The average molecular weight is 537 g/mol. The van der Waals surface area contributed by atoms with Crippen LogP contribution >= 0.6 is 23.4 Å². The van der Waals surface area contributed by atoms with Crippen molar-refractivity contribution >= 4 is 45.0 Å².